The van der Waals surface area contributed by atoms with Crippen molar-refractivity contribution in [3.8, 4) is 5.75 Å². The highest BCUT2D eigenvalue weighted by molar-refractivity contribution is 5.97. The standard InChI is InChI=1S/C20H24N2O4/c1-25-13-14-26-18-10-6-5-9-17(18)20(24)22(12-11-19(21)23)15-16-7-3-2-4-8-16/h2-10H,11-15H2,1H3,(H2,21,23). The Kier molecular flexibility index (Phi) is 7.64. The molecule has 0 unspecified atom stereocenters. The van der Waals surface area contributed by atoms with Crippen LogP contribution in [0.4, 0.5) is 0 Å². The van der Waals surface area contributed by atoms with Crippen LogP contribution >= 0.6 is 0 Å². The third-order valence-corrected chi connectivity index (χ3v) is 3.79. The minimum atomic E-state index is -0.444. The van der Waals surface area contributed by atoms with Gasteiger partial charge >= 0.3 is 0 Å². The number of benzene rings is 2. The molecule has 0 saturated heterocycles. The zero-order valence-electron chi connectivity index (χ0n) is 14.9. The lowest BCUT2D eigenvalue weighted by Crippen LogP contribution is -2.34. The monoisotopic (exact) mass is 356 g/mol. The van der Waals surface area contributed by atoms with E-state index in [9.17, 15) is 9.59 Å². The van der Waals surface area contributed by atoms with Crippen LogP contribution in [0.3, 0.4) is 0 Å². The zero-order valence-corrected chi connectivity index (χ0v) is 14.9. The van der Waals surface area contributed by atoms with Gasteiger partial charge in [-0.2, -0.15) is 0 Å². The minimum Gasteiger partial charge on any atom is -0.490 e. The number of amides is 2. The van der Waals surface area contributed by atoms with E-state index in [0.29, 0.717) is 31.1 Å². The molecule has 2 N–H and O–H groups in total. The molecular formula is C20H24N2O4. The van der Waals surface area contributed by atoms with Crippen LogP contribution in [0.15, 0.2) is 54.6 Å². The molecule has 0 radical (unpaired) electrons. The van der Waals surface area contributed by atoms with Gasteiger partial charge in [0, 0.05) is 26.6 Å². The van der Waals surface area contributed by atoms with Gasteiger partial charge in [-0.3, -0.25) is 9.59 Å². The van der Waals surface area contributed by atoms with Gasteiger partial charge in [-0.15, -0.1) is 0 Å². The van der Waals surface area contributed by atoms with Crippen molar-refractivity contribution in [1.29, 1.82) is 0 Å². The fourth-order valence-corrected chi connectivity index (χ4v) is 2.48. The summed E-state index contributed by atoms with van der Waals surface area (Å²) in [6.07, 6.45) is 0.102. The van der Waals surface area contributed by atoms with Gasteiger partial charge in [0.2, 0.25) is 5.91 Å². The smallest absolute Gasteiger partial charge is 0.257 e. The number of ether oxygens (including phenoxy) is 2. The summed E-state index contributed by atoms with van der Waals surface area (Å²) in [6, 6.07) is 16.7. The molecule has 0 aromatic heterocycles. The number of hydrogen-bond acceptors (Lipinski definition) is 4. The Balaban J connectivity index is 2.20. The summed E-state index contributed by atoms with van der Waals surface area (Å²) in [4.78, 5) is 25.9. The SMILES string of the molecule is COCCOc1ccccc1C(=O)N(CCC(N)=O)Cc1ccccc1. The van der Waals surface area contributed by atoms with Gasteiger partial charge in [-0.05, 0) is 17.7 Å². The largest absolute Gasteiger partial charge is 0.490 e. The lowest BCUT2D eigenvalue weighted by atomic mass is 10.1. The van der Waals surface area contributed by atoms with Gasteiger partial charge in [0.05, 0.1) is 12.2 Å². The lowest BCUT2D eigenvalue weighted by Gasteiger charge is -2.23. The molecule has 0 aliphatic heterocycles. The van der Waals surface area contributed by atoms with Gasteiger partial charge in [0.25, 0.3) is 5.91 Å². The molecule has 0 spiro atoms. The van der Waals surface area contributed by atoms with Gasteiger partial charge < -0.3 is 20.1 Å². The molecule has 0 fully saturated rings. The summed E-state index contributed by atoms with van der Waals surface area (Å²) < 4.78 is 10.6. The van der Waals surface area contributed by atoms with Crippen molar-refractivity contribution in [2.24, 2.45) is 5.73 Å². The number of methoxy groups -OCH3 is 1. The first-order valence-electron chi connectivity index (χ1n) is 8.44. The van der Waals surface area contributed by atoms with Crippen LogP contribution in [-0.4, -0.2) is 43.6 Å². The lowest BCUT2D eigenvalue weighted by molar-refractivity contribution is -0.118. The van der Waals surface area contributed by atoms with Crippen molar-refractivity contribution in [2.45, 2.75) is 13.0 Å². The van der Waals surface area contributed by atoms with E-state index in [1.54, 1.807) is 30.2 Å². The maximum absolute atomic E-state index is 13.1. The number of hydrogen-bond donors (Lipinski definition) is 1. The first-order valence-corrected chi connectivity index (χ1v) is 8.44. The van der Waals surface area contributed by atoms with Gasteiger partial charge in [-0.25, -0.2) is 0 Å². The second kappa shape index (κ2) is 10.2. The number of nitrogens with two attached hydrogens (primary N) is 1. The molecule has 26 heavy (non-hydrogen) atoms. The summed E-state index contributed by atoms with van der Waals surface area (Å²) in [7, 11) is 1.59. The van der Waals surface area contributed by atoms with E-state index >= 15 is 0 Å². The van der Waals surface area contributed by atoms with Crippen LogP contribution in [0, 0.1) is 0 Å². The highest BCUT2D eigenvalue weighted by Gasteiger charge is 2.20. The molecule has 138 valence electrons. The van der Waals surface area contributed by atoms with Crippen molar-refractivity contribution < 1.29 is 19.1 Å². The second-order valence-electron chi connectivity index (χ2n) is 5.77. The van der Waals surface area contributed by atoms with Crippen LogP contribution in [-0.2, 0) is 16.1 Å². The van der Waals surface area contributed by atoms with E-state index in [1.807, 2.05) is 36.4 Å². The zero-order chi connectivity index (χ0) is 18.8. The van der Waals surface area contributed by atoms with E-state index in [2.05, 4.69) is 0 Å². The summed E-state index contributed by atoms with van der Waals surface area (Å²) in [5, 5.41) is 0. The predicted octanol–water partition coefficient (Wildman–Crippen LogP) is 2.23. The molecule has 0 bridgehead atoms. The number of primary amides is 1. The van der Waals surface area contributed by atoms with Crippen LogP contribution in [0.25, 0.3) is 0 Å². The molecule has 2 rings (SSSR count). The molecule has 6 nitrogen and oxygen atoms in total. The van der Waals surface area contributed by atoms with E-state index in [4.69, 9.17) is 15.2 Å². The number of nitrogens with zero attached hydrogens (tertiary/aromatic N) is 1. The quantitative estimate of drug-likeness (QED) is 0.662. The fraction of sp³-hybridized carbons (Fsp3) is 0.300. The number of para-hydroxylation sites is 1. The summed E-state index contributed by atoms with van der Waals surface area (Å²) in [6.45, 7) is 1.41. The Morgan fingerprint density at radius 2 is 1.69 bits per heavy atom. The van der Waals surface area contributed by atoms with E-state index in [-0.39, 0.29) is 18.9 Å². The Bertz CT molecular complexity index is 719. The average molecular weight is 356 g/mol. The molecular weight excluding hydrogens is 332 g/mol. The van der Waals surface area contributed by atoms with Gasteiger partial charge in [0.1, 0.15) is 12.4 Å². The molecule has 2 aromatic rings. The normalized spacial score (nSPS) is 10.3. The number of carbonyl (C=O) groups excluding carboxylic acids is 2. The van der Waals surface area contributed by atoms with Crippen molar-refractivity contribution in [1.82, 2.24) is 4.90 Å². The maximum atomic E-state index is 13.1. The van der Waals surface area contributed by atoms with Crippen molar-refractivity contribution in [2.75, 3.05) is 26.9 Å². The minimum absolute atomic E-state index is 0.102. The Morgan fingerprint density at radius 3 is 2.38 bits per heavy atom. The first kappa shape index (κ1) is 19.5. The molecule has 2 amide bonds. The Labute approximate surface area is 153 Å². The van der Waals surface area contributed by atoms with Crippen LogP contribution in [0.5, 0.6) is 5.75 Å². The third-order valence-electron chi connectivity index (χ3n) is 3.79. The number of rotatable bonds is 10. The average Bonchev–Trinajstić information content (AvgIpc) is 2.66. The van der Waals surface area contributed by atoms with Crippen molar-refractivity contribution >= 4 is 11.8 Å². The van der Waals surface area contributed by atoms with Crippen molar-refractivity contribution in [3.63, 3.8) is 0 Å². The van der Waals surface area contributed by atoms with Crippen molar-refractivity contribution in [3.05, 3.63) is 65.7 Å². The third kappa shape index (κ3) is 5.89. The van der Waals surface area contributed by atoms with Gasteiger partial charge in [-0.1, -0.05) is 42.5 Å². The van der Waals surface area contributed by atoms with Crippen LogP contribution < -0.4 is 10.5 Å². The van der Waals surface area contributed by atoms with E-state index in [1.165, 1.54) is 0 Å². The van der Waals surface area contributed by atoms with E-state index in [0.717, 1.165) is 5.56 Å². The van der Waals surface area contributed by atoms with Gasteiger partial charge in [0.15, 0.2) is 0 Å². The predicted molar refractivity (Wildman–Crippen MR) is 98.8 cm³/mol. The molecule has 0 heterocycles. The maximum Gasteiger partial charge on any atom is 0.257 e. The Hall–Kier alpha value is -2.86. The number of carbonyl (C=O) groups is 2. The summed E-state index contributed by atoms with van der Waals surface area (Å²) >= 11 is 0. The van der Waals surface area contributed by atoms with E-state index < -0.39 is 5.91 Å². The molecule has 6 heteroatoms. The topological polar surface area (TPSA) is 81.9 Å². The Morgan fingerprint density at radius 1 is 1.00 bits per heavy atom. The first-order chi connectivity index (χ1) is 12.6. The molecule has 2 aromatic carbocycles. The summed E-state index contributed by atoms with van der Waals surface area (Å²) in [5.41, 5.74) is 6.69. The molecule has 0 aliphatic rings. The van der Waals surface area contributed by atoms with Crippen LogP contribution in [0.2, 0.25) is 0 Å². The van der Waals surface area contributed by atoms with Crippen LogP contribution in [0.1, 0.15) is 22.3 Å². The highest BCUT2D eigenvalue weighted by Crippen LogP contribution is 2.21. The fourth-order valence-electron chi connectivity index (χ4n) is 2.48. The molecule has 0 saturated carbocycles. The highest BCUT2D eigenvalue weighted by atomic mass is 16.5. The second-order valence-corrected chi connectivity index (χ2v) is 5.77. The molecule has 0 aliphatic carbocycles. The summed E-state index contributed by atoms with van der Waals surface area (Å²) in [5.74, 6) is -0.157. The molecule has 0 atom stereocenters.